The van der Waals surface area contributed by atoms with E-state index in [1.807, 2.05) is 6.07 Å². The molecule has 15 heavy (non-hydrogen) atoms. The van der Waals surface area contributed by atoms with Crippen LogP contribution >= 0.6 is 24.8 Å². The van der Waals surface area contributed by atoms with Crippen LogP contribution in [0, 0.1) is 0 Å². The van der Waals surface area contributed by atoms with E-state index in [1.165, 1.54) is 12.8 Å². The van der Waals surface area contributed by atoms with Gasteiger partial charge in [-0.05, 0) is 25.5 Å². The molecule has 1 atom stereocenters. The highest BCUT2D eigenvalue weighted by Gasteiger charge is 2.17. The highest BCUT2D eigenvalue weighted by molar-refractivity contribution is 5.85. The Labute approximate surface area is 102 Å². The molecule has 6 heteroatoms. The standard InChI is InChI=1S/C9H15N3O.2ClH/c13-6-8-4-9(12-11-8)7-2-1-3-10-5-7;;/h4,7,10,13H,1-3,5-6H2,(H,11,12);2*1H. The Bertz CT molecular complexity index is 274. The molecule has 88 valence electrons. The molecule has 2 rings (SSSR count). The van der Waals surface area contributed by atoms with Gasteiger partial charge >= 0.3 is 0 Å². The molecule has 0 radical (unpaired) electrons. The number of hydrogen-bond donors (Lipinski definition) is 3. The Morgan fingerprint density at radius 2 is 2.27 bits per heavy atom. The highest BCUT2D eigenvalue weighted by Crippen LogP contribution is 2.21. The molecule has 1 aliphatic heterocycles. The summed E-state index contributed by atoms with van der Waals surface area (Å²) in [6, 6.07) is 1.96. The Kier molecular flexibility index (Phi) is 6.92. The summed E-state index contributed by atoms with van der Waals surface area (Å²) in [6.45, 7) is 2.18. The second-order valence-corrected chi connectivity index (χ2v) is 3.52. The predicted octanol–water partition coefficient (Wildman–Crippen LogP) is 1.21. The number of H-pyrrole nitrogens is 1. The summed E-state index contributed by atoms with van der Waals surface area (Å²) in [4.78, 5) is 0. The van der Waals surface area contributed by atoms with Crippen LogP contribution in [0.15, 0.2) is 6.07 Å². The van der Waals surface area contributed by atoms with Gasteiger partial charge < -0.3 is 10.4 Å². The third-order valence-corrected chi connectivity index (χ3v) is 2.54. The first-order valence-electron chi connectivity index (χ1n) is 4.76. The van der Waals surface area contributed by atoms with E-state index >= 15 is 0 Å². The summed E-state index contributed by atoms with van der Waals surface area (Å²) in [5, 5.41) is 19.2. The van der Waals surface area contributed by atoms with Crippen LogP contribution in [0.4, 0.5) is 0 Å². The number of aromatic amines is 1. The molecule has 1 aromatic rings. The minimum absolute atomic E-state index is 0. The zero-order valence-corrected chi connectivity index (χ0v) is 10.0. The topological polar surface area (TPSA) is 60.9 Å². The van der Waals surface area contributed by atoms with E-state index in [-0.39, 0.29) is 31.4 Å². The lowest BCUT2D eigenvalue weighted by atomic mass is 9.96. The molecular weight excluding hydrogens is 237 g/mol. The van der Waals surface area contributed by atoms with Crippen LogP contribution in [0.25, 0.3) is 0 Å². The zero-order valence-electron chi connectivity index (χ0n) is 8.40. The third-order valence-electron chi connectivity index (χ3n) is 2.54. The van der Waals surface area contributed by atoms with Gasteiger partial charge in [-0.2, -0.15) is 5.10 Å². The van der Waals surface area contributed by atoms with E-state index < -0.39 is 0 Å². The van der Waals surface area contributed by atoms with E-state index in [9.17, 15) is 0 Å². The van der Waals surface area contributed by atoms with Crippen LogP contribution < -0.4 is 5.32 Å². The van der Waals surface area contributed by atoms with Gasteiger partial charge in [0.2, 0.25) is 0 Å². The number of piperidine rings is 1. The largest absolute Gasteiger partial charge is 0.390 e. The number of hydrogen-bond acceptors (Lipinski definition) is 3. The first-order valence-corrected chi connectivity index (χ1v) is 4.76. The molecule has 1 unspecified atom stereocenters. The molecule has 0 spiro atoms. The van der Waals surface area contributed by atoms with Crippen molar-refractivity contribution in [3.8, 4) is 0 Å². The lowest BCUT2D eigenvalue weighted by Crippen LogP contribution is -2.28. The SMILES string of the molecule is Cl.Cl.OCc1cc(C2CCCNC2)n[nH]1. The molecule has 0 amide bonds. The van der Waals surface area contributed by atoms with Crippen LogP contribution in [0.3, 0.4) is 0 Å². The number of nitrogens with one attached hydrogen (secondary N) is 2. The Balaban J connectivity index is 0.000000980. The van der Waals surface area contributed by atoms with Gasteiger partial charge in [-0.1, -0.05) is 0 Å². The third kappa shape index (κ3) is 3.65. The summed E-state index contributed by atoms with van der Waals surface area (Å²) in [5.41, 5.74) is 1.89. The molecule has 1 aliphatic rings. The van der Waals surface area contributed by atoms with Crippen molar-refractivity contribution in [1.82, 2.24) is 15.5 Å². The maximum Gasteiger partial charge on any atom is 0.0847 e. The van der Waals surface area contributed by atoms with E-state index in [2.05, 4.69) is 15.5 Å². The fourth-order valence-corrected chi connectivity index (χ4v) is 1.77. The van der Waals surface area contributed by atoms with E-state index in [0.29, 0.717) is 5.92 Å². The minimum Gasteiger partial charge on any atom is -0.390 e. The van der Waals surface area contributed by atoms with Gasteiger partial charge in [0.25, 0.3) is 0 Å². The van der Waals surface area contributed by atoms with Gasteiger partial charge in [0, 0.05) is 12.5 Å². The van der Waals surface area contributed by atoms with E-state index in [4.69, 9.17) is 5.11 Å². The molecule has 1 saturated heterocycles. The Morgan fingerprint density at radius 1 is 1.47 bits per heavy atom. The van der Waals surface area contributed by atoms with Crippen molar-refractivity contribution in [1.29, 1.82) is 0 Å². The Morgan fingerprint density at radius 3 is 2.80 bits per heavy atom. The van der Waals surface area contributed by atoms with Crippen molar-refractivity contribution < 1.29 is 5.11 Å². The van der Waals surface area contributed by atoms with Crippen molar-refractivity contribution in [2.45, 2.75) is 25.4 Å². The molecule has 0 aromatic carbocycles. The van der Waals surface area contributed by atoms with E-state index in [0.717, 1.165) is 24.5 Å². The lowest BCUT2D eigenvalue weighted by Gasteiger charge is -2.20. The van der Waals surface area contributed by atoms with Crippen LogP contribution in [-0.4, -0.2) is 28.4 Å². The van der Waals surface area contributed by atoms with Crippen LogP contribution in [-0.2, 0) is 6.61 Å². The van der Waals surface area contributed by atoms with Crippen LogP contribution in [0.5, 0.6) is 0 Å². The smallest absolute Gasteiger partial charge is 0.0847 e. The van der Waals surface area contributed by atoms with Crippen molar-refractivity contribution in [3.05, 3.63) is 17.5 Å². The molecule has 1 aromatic heterocycles. The quantitative estimate of drug-likeness (QED) is 0.743. The normalized spacial score (nSPS) is 20.2. The predicted molar refractivity (Wildman–Crippen MR) is 63.9 cm³/mol. The summed E-state index contributed by atoms with van der Waals surface area (Å²) < 4.78 is 0. The van der Waals surface area contributed by atoms with Crippen LogP contribution in [0.1, 0.15) is 30.1 Å². The Hall–Kier alpha value is -0.290. The molecule has 4 nitrogen and oxygen atoms in total. The number of nitrogens with zero attached hydrogens (tertiary/aromatic N) is 1. The maximum atomic E-state index is 8.86. The molecular formula is C9H17Cl2N3O. The molecule has 0 bridgehead atoms. The molecule has 3 N–H and O–H groups in total. The van der Waals surface area contributed by atoms with Crippen molar-refractivity contribution in [3.63, 3.8) is 0 Å². The highest BCUT2D eigenvalue weighted by atomic mass is 35.5. The first-order chi connectivity index (χ1) is 6.40. The van der Waals surface area contributed by atoms with Gasteiger partial charge in [-0.15, -0.1) is 24.8 Å². The second-order valence-electron chi connectivity index (χ2n) is 3.52. The van der Waals surface area contributed by atoms with Gasteiger partial charge in [-0.25, -0.2) is 0 Å². The number of rotatable bonds is 2. The fraction of sp³-hybridized carbons (Fsp3) is 0.667. The van der Waals surface area contributed by atoms with E-state index in [1.54, 1.807) is 0 Å². The minimum atomic E-state index is 0. The number of aliphatic hydroxyl groups excluding tert-OH is 1. The molecule has 1 fully saturated rings. The average molecular weight is 254 g/mol. The maximum absolute atomic E-state index is 8.86. The fourth-order valence-electron chi connectivity index (χ4n) is 1.77. The van der Waals surface area contributed by atoms with Gasteiger partial charge in [0.1, 0.15) is 0 Å². The van der Waals surface area contributed by atoms with Gasteiger partial charge in [0.15, 0.2) is 0 Å². The average Bonchev–Trinajstić information content (AvgIpc) is 2.67. The first kappa shape index (κ1) is 14.7. The van der Waals surface area contributed by atoms with Gasteiger partial charge in [0.05, 0.1) is 18.0 Å². The van der Waals surface area contributed by atoms with Crippen molar-refractivity contribution >= 4 is 24.8 Å². The molecule has 0 aliphatic carbocycles. The lowest BCUT2D eigenvalue weighted by molar-refractivity contribution is 0.276. The van der Waals surface area contributed by atoms with Gasteiger partial charge in [-0.3, -0.25) is 5.10 Å². The van der Waals surface area contributed by atoms with Crippen molar-refractivity contribution in [2.75, 3.05) is 13.1 Å². The van der Waals surface area contributed by atoms with Crippen LogP contribution in [0.2, 0.25) is 0 Å². The number of aliphatic hydroxyl groups is 1. The molecule has 2 heterocycles. The zero-order chi connectivity index (χ0) is 9.10. The summed E-state index contributed by atoms with van der Waals surface area (Å²) in [6.07, 6.45) is 2.41. The number of halogens is 2. The monoisotopic (exact) mass is 253 g/mol. The summed E-state index contributed by atoms with van der Waals surface area (Å²) in [5.74, 6) is 0.519. The molecule has 0 saturated carbocycles. The van der Waals surface area contributed by atoms with Crippen molar-refractivity contribution in [2.24, 2.45) is 0 Å². The summed E-state index contributed by atoms with van der Waals surface area (Å²) >= 11 is 0. The number of aromatic nitrogens is 2. The summed E-state index contributed by atoms with van der Waals surface area (Å²) in [7, 11) is 0. The second kappa shape index (κ2) is 7.06.